The molecule has 0 radical (unpaired) electrons. The van der Waals surface area contributed by atoms with Crippen LogP contribution in [0.1, 0.15) is 23.5 Å². The summed E-state index contributed by atoms with van der Waals surface area (Å²) in [5.41, 5.74) is 2.85. The highest BCUT2D eigenvalue weighted by Crippen LogP contribution is 2.34. The number of hydrogen-bond acceptors (Lipinski definition) is 5. The van der Waals surface area contributed by atoms with E-state index in [9.17, 15) is 4.79 Å². The quantitative estimate of drug-likeness (QED) is 0.625. The van der Waals surface area contributed by atoms with Crippen molar-refractivity contribution in [2.24, 2.45) is 0 Å². The number of ether oxygens (including phenoxy) is 1. The van der Waals surface area contributed by atoms with E-state index >= 15 is 0 Å². The maximum Gasteiger partial charge on any atom is 0.349 e. The van der Waals surface area contributed by atoms with Gasteiger partial charge in [-0.15, -0.1) is 22.7 Å². The first kappa shape index (κ1) is 14.9. The predicted octanol–water partition coefficient (Wildman–Crippen LogP) is 5.10. The summed E-state index contributed by atoms with van der Waals surface area (Å²) >= 11 is 2.93. The summed E-state index contributed by atoms with van der Waals surface area (Å²) in [6.07, 6.45) is -0.126. The summed E-state index contributed by atoms with van der Waals surface area (Å²) in [6, 6.07) is 11.9. The van der Waals surface area contributed by atoms with Crippen molar-refractivity contribution >= 4 is 28.6 Å². The third-order valence-electron chi connectivity index (χ3n) is 3.00. The first-order valence-corrected chi connectivity index (χ1v) is 8.71. The zero-order valence-corrected chi connectivity index (χ0v) is 13.9. The van der Waals surface area contributed by atoms with Crippen LogP contribution in [0.5, 0.6) is 0 Å². The second-order valence-corrected chi connectivity index (χ2v) is 6.80. The van der Waals surface area contributed by atoms with E-state index in [1.54, 1.807) is 11.3 Å². The Morgan fingerprint density at radius 1 is 1.14 bits per heavy atom. The summed E-state index contributed by atoms with van der Waals surface area (Å²) in [7, 11) is 0. The van der Waals surface area contributed by atoms with Gasteiger partial charge in [0.25, 0.3) is 0 Å². The molecule has 22 heavy (non-hydrogen) atoms. The molecule has 2 heterocycles. The normalized spacial score (nSPS) is 10.9. The molecular weight excluding hydrogens is 314 g/mol. The Morgan fingerprint density at radius 2 is 1.91 bits per heavy atom. The van der Waals surface area contributed by atoms with Crippen molar-refractivity contribution in [2.75, 3.05) is 0 Å². The van der Waals surface area contributed by atoms with Crippen LogP contribution in [-0.4, -0.2) is 17.1 Å². The number of esters is 1. The van der Waals surface area contributed by atoms with Crippen molar-refractivity contribution in [3.8, 4) is 21.8 Å². The van der Waals surface area contributed by atoms with Gasteiger partial charge < -0.3 is 4.74 Å². The average Bonchev–Trinajstić information content (AvgIpc) is 3.16. The number of hydrogen-bond donors (Lipinski definition) is 0. The van der Waals surface area contributed by atoms with Gasteiger partial charge in [0.05, 0.1) is 11.8 Å². The van der Waals surface area contributed by atoms with Crippen molar-refractivity contribution < 1.29 is 9.53 Å². The van der Waals surface area contributed by atoms with E-state index in [2.05, 4.69) is 4.98 Å². The zero-order chi connectivity index (χ0) is 15.5. The number of carbonyl (C=O) groups excluding carboxylic acids is 1. The lowest BCUT2D eigenvalue weighted by atomic mass is 10.2. The van der Waals surface area contributed by atoms with Crippen LogP contribution in [0.2, 0.25) is 0 Å². The Bertz CT molecular complexity index is 775. The van der Waals surface area contributed by atoms with Crippen LogP contribution in [0.4, 0.5) is 0 Å². The number of benzene rings is 1. The highest BCUT2D eigenvalue weighted by molar-refractivity contribution is 7.15. The zero-order valence-electron chi connectivity index (χ0n) is 12.3. The van der Waals surface area contributed by atoms with Crippen LogP contribution in [-0.2, 0) is 4.74 Å². The van der Waals surface area contributed by atoms with Gasteiger partial charge in [0, 0.05) is 16.5 Å². The lowest BCUT2D eigenvalue weighted by Gasteiger charge is -2.07. The van der Waals surface area contributed by atoms with Crippen LogP contribution >= 0.6 is 22.7 Å². The molecule has 0 bridgehead atoms. The lowest BCUT2D eigenvalue weighted by molar-refractivity contribution is 0.0384. The molecule has 0 aliphatic carbocycles. The van der Waals surface area contributed by atoms with Gasteiger partial charge in [0.1, 0.15) is 9.88 Å². The molecule has 0 saturated carbocycles. The minimum absolute atomic E-state index is 0.126. The Morgan fingerprint density at radius 3 is 2.64 bits per heavy atom. The molecule has 0 amide bonds. The number of nitrogens with zero attached hydrogens (tertiary/aromatic N) is 1. The first-order chi connectivity index (χ1) is 10.6. The van der Waals surface area contributed by atoms with E-state index < -0.39 is 0 Å². The molecule has 3 aromatic rings. The highest BCUT2D eigenvalue weighted by atomic mass is 32.1. The number of thiophene rings is 1. The maximum absolute atomic E-state index is 12.2. The van der Waals surface area contributed by atoms with E-state index in [1.165, 1.54) is 11.3 Å². The largest absolute Gasteiger partial charge is 0.459 e. The summed E-state index contributed by atoms with van der Waals surface area (Å²) in [4.78, 5) is 17.4. The van der Waals surface area contributed by atoms with E-state index in [0.717, 1.165) is 21.8 Å². The van der Waals surface area contributed by atoms with Gasteiger partial charge in [-0.2, -0.15) is 0 Å². The van der Waals surface area contributed by atoms with Gasteiger partial charge >= 0.3 is 5.97 Å². The Labute approximate surface area is 137 Å². The highest BCUT2D eigenvalue weighted by Gasteiger charge is 2.19. The van der Waals surface area contributed by atoms with Crippen LogP contribution in [0, 0.1) is 0 Å². The fourth-order valence-corrected chi connectivity index (χ4v) is 3.74. The standard InChI is InChI=1S/C17H15NO2S2/c1-11(2)20-17(19)15-13(8-9-21-15)16-18-14(10-22-16)12-6-4-3-5-7-12/h3-11H,1-2H3. The SMILES string of the molecule is CC(C)OC(=O)c1sccc1-c1nc(-c2ccccc2)cs1. The average molecular weight is 329 g/mol. The van der Waals surface area contributed by atoms with Gasteiger partial charge in [-0.05, 0) is 25.3 Å². The molecule has 0 atom stereocenters. The molecular formula is C17H15NO2S2. The fraction of sp³-hybridized carbons (Fsp3) is 0.176. The summed E-state index contributed by atoms with van der Waals surface area (Å²) < 4.78 is 5.30. The molecule has 0 N–H and O–H groups in total. The van der Waals surface area contributed by atoms with Gasteiger partial charge in [0.15, 0.2) is 0 Å². The third-order valence-corrected chi connectivity index (χ3v) is 4.77. The smallest absolute Gasteiger partial charge is 0.349 e. The molecule has 0 saturated heterocycles. The third kappa shape index (κ3) is 3.10. The molecule has 112 valence electrons. The number of aromatic nitrogens is 1. The van der Waals surface area contributed by atoms with Crippen LogP contribution in [0.25, 0.3) is 21.8 Å². The molecule has 3 rings (SSSR count). The van der Waals surface area contributed by atoms with Gasteiger partial charge in [-0.25, -0.2) is 9.78 Å². The molecule has 3 nitrogen and oxygen atoms in total. The number of carbonyl (C=O) groups is 1. The van der Waals surface area contributed by atoms with Crippen molar-refractivity contribution in [2.45, 2.75) is 20.0 Å². The fourth-order valence-electron chi connectivity index (χ4n) is 2.04. The molecule has 0 fully saturated rings. The Balaban J connectivity index is 1.92. The van der Waals surface area contributed by atoms with Crippen molar-refractivity contribution in [1.82, 2.24) is 4.98 Å². The van der Waals surface area contributed by atoms with Gasteiger partial charge in [-0.3, -0.25) is 0 Å². The van der Waals surface area contributed by atoms with E-state index in [-0.39, 0.29) is 12.1 Å². The second kappa shape index (κ2) is 6.42. The van der Waals surface area contributed by atoms with Crippen molar-refractivity contribution in [3.63, 3.8) is 0 Å². The Kier molecular flexibility index (Phi) is 4.36. The number of thiazole rings is 1. The van der Waals surface area contributed by atoms with Gasteiger partial charge in [0.2, 0.25) is 0 Å². The molecule has 0 aliphatic rings. The first-order valence-electron chi connectivity index (χ1n) is 6.95. The topological polar surface area (TPSA) is 39.2 Å². The minimum atomic E-state index is -0.281. The number of rotatable bonds is 4. The van der Waals surface area contributed by atoms with E-state index in [1.807, 2.05) is 61.0 Å². The monoisotopic (exact) mass is 329 g/mol. The van der Waals surface area contributed by atoms with E-state index in [0.29, 0.717) is 4.88 Å². The molecule has 5 heteroatoms. The van der Waals surface area contributed by atoms with Crippen molar-refractivity contribution in [3.05, 3.63) is 52.0 Å². The molecule has 0 unspecified atom stereocenters. The molecule has 0 aliphatic heterocycles. The van der Waals surface area contributed by atoms with Crippen LogP contribution < -0.4 is 0 Å². The predicted molar refractivity (Wildman–Crippen MR) is 91.4 cm³/mol. The molecule has 0 spiro atoms. The van der Waals surface area contributed by atoms with Crippen LogP contribution in [0.3, 0.4) is 0 Å². The lowest BCUT2D eigenvalue weighted by Crippen LogP contribution is -2.10. The van der Waals surface area contributed by atoms with Gasteiger partial charge in [-0.1, -0.05) is 30.3 Å². The summed E-state index contributed by atoms with van der Waals surface area (Å²) in [5, 5.41) is 4.76. The van der Waals surface area contributed by atoms with Crippen LogP contribution in [0.15, 0.2) is 47.2 Å². The van der Waals surface area contributed by atoms with Crippen molar-refractivity contribution in [1.29, 1.82) is 0 Å². The Hall–Kier alpha value is -1.98. The maximum atomic E-state index is 12.2. The summed E-state index contributed by atoms with van der Waals surface area (Å²) in [5.74, 6) is -0.281. The molecule has 2 aromatic heterocycles. The minimum Gasteiger partial charge on any atom is -0.459 e. The molecule has 1 aromatic carbocycles. The summed E-state index contributed by atoms with van der Waals surface area (Å²) in [6.45, 7) is 3.70. The van der Waals surface area contributed by atoms with E-state index in [4.69, 9.17) is 4.74 Å². The second-order valence-electron chi connectivity index (χ2n) is 5.02.